The van der Waals surface area contributed by atoms with E-state index in [1.165, 1.54) is 6.42 Å². The van der Waals surface area contributed by atoms with Crippen LogP contribution in [-0.4, -0.2) is 62.1 Å². The van der Waals surface area contributed by atoms with Gasteiger partial charge in [-0.3, -0.25) is 9.69 Å². The molecule has 2 unspecified atom stereocenters. The van der Waals surface area contributed by atoms with Crippen LogP contribution in [0, 0.1) is 5.92 Å². The summed E-state index contributed by atoms with van der Waals surface area (Å²) in [5.41, 5.74) is 1.04. The van der Waals surface area contributed by atoms with Crippen molar-refractivity contribution in [1.29, 1.82) is 0 Å². The molecule has 1 aromatic rings. The molecule has 2 atom stereocenters. The number of hydrogen-bond donors (Lipinski definition) is 1. The molecule has 0 aromatic heterocycles. The van der Waals surface area contributed by atoms with Gasteiger partial charge in [-0.15, -0.1) is 0 Å². The molecule has 0 spiro atoms. The molecule has 2 fully saturated rings. The van der Waals surface area contributed by atoms with Crippen LogP contribution in [0.15, 0.2) is 24.3 Å². The molecule has 0 bridgehead atoms. The van der Waals surface area contributed by atoms with Crippen LogP contribution in [0.3, 0.4) is 0 Å². The van der Waals surface area contributed by atoms with Crippen molar-refractivity contribution in [3.63, 3.8) is 0 Å². The molecular weight excluding hydrogens is 302 g/mol. The maximum absolute atomic E-state index is 13.4. The highest BCUT2D eigenvalue weighted by molar-refractivity contribution is 5.83. The van der Waals surface area contributed by atoms with Crippen molar-refractivity contribution >= 4 is 5.91 Å². The molecular formula is C19H29N3O2. The van der Waals surface area contributed by atoms with Crippen molar-refractivity contribution in [3.8, 4) is 5.75 Å². The van der Waals surface area contributed by atoms with E-state index in [-0.39, 0.29) is 11.9 Å². The van der Waals surface area contributed by atoms with Crippen molar-refractivity contribution in [2.45, 2.75) is 25.8 Å². The molecule has 1 amide bonds. The Hall–Kier alpha value is -1.59. The number of methoxy groups -OCH3 is 1. The van der Waals surface area contributed by atoms with Crippen LogP contribution >= 0.6 is 0 Å². The quantitative estimate of drug-likeness (QED) is 0.915. The smallest absolute Gasteiger partial charge is 0.244 e. The lowest BCUT2D eigenvalue weighted by Crippen LogP contribution is -2.51. The Balaban J connectivity index is 1.87. The predicted octanol–water partition coefficient (Wildman–Crippen LogP) is 1.90. The van der Waals surface area contributed by atoms with E-state index in [1.54, 1.807) is 7.11 Å². The molecule has 132 valence electrons. The number of hydrogen-bond acceptors (Lipinski definition) is 4. The fourth-order valence-corrected chi connectivity index (χ4v) is 3.82. The molecule has 1 aromatic carbocycles. The number of carbonyl (C=O) groups is 1. The van der Waals surface area contributed by atoms with Gasteiger partial charge in [0.2, 0.25) is 5.91 Å². The van der Waals surface area contributed by atoms with Gasteiger partial charge < -0.3 is 15.0 Å². The Bertz CT molecular complexity index is 557. The number of amides is 1. The average molecular weight is 331 g/mol. The van der Waals surface area contributed by atoms with Crippen molar-refractivity contribution < 1.29 is 9.53 Å². The van der Waals surface area contributed by atoms with E-state index in [9.17, 15) is 4.79 Å². The summed E-state index contributed by atoms with van der Waals surface area (Å²) in [7, 11) is 1.67. The van der Waals surface area contributed by atoms with E-state index in [4.69, 9.17) is 4.74 Å². The number of nitrogens with zero attached hydrogens (tertiary/aromatic N) is 2. The zero-order chi connectivity index (χ0) is 16.9. The number of nitrogens with one attached hydrogen (secondary N) is 1. The fraction of sp³-hybridized carbons (Fsp3) is 0.632. The Morgan fingerprint density at radius 3 is 2.79 bits per heavy atom. The highest BCUT2D eigenvalue weighted by Gasteiger charge is 2.33. The molecule has 5 nitrogen and oxygen atoms in total. The summed E-state index contributed by atoms with van der Waals surface area (Å²) >= 11 is 0. The van der Waals surface area contributed by atoms with E-state index in [0.717, 1.165) is 57.0 Å². The minimum Gasteiger partial charge on any atom is -0.497 e. The molecule has 24 heavy (non-hydrogen) atoms. The van der Waals surface area contributed by atoms with Gasteiger partial charge in [-0.25, -0.2) is 0 Å². The Morgan fingerprint density at radius 1 is 1.29 bits per heavy atom. The summed E-state index contributed by atoms with van der Waals surface area (Å²) in [6, 6.07) is 7.78. The molecule has 2 aliphatic rings. The van der Waals surface area contributed by atoms with Gasteiger partial charge in [0, 0.05) is 39.3 Å². The van der Waals surface area contributed by atoms with Gasteiger partial charge in [0.15, 0.2) is 0 Å². The van der Waals surface area contributed by atoms with E-state index in [2.05, 4.69) is 28.1 Å². The van der Waals surface area contributed by atoms with Crippen LogP contribution in [0.4, 0.5) is 0 Å². The first kappa shape index (κ1) is 17.2. The first-order valence-electron chi connectivity index (χ1n) is 9.06. The lowest BCUT2D eigenvalue weighted by Gasteiger charge is -2.39. The maximum atomic E-state index is 13.4. The van der Waals surface area contributed by atoms with Gasteiger partial charge in [-0.2, -0.15) is 0 Å². The minimum absolute atomic E-state index is 0.201. The summed E-state index contributed by atoms with van der Waals surface area (Å²) in [4.78, 5) is 17.7. The monoisotopic (exact) mass is 331 g/mol. The molecule has 1 N–H and O–H groups in total. The van der Waals surface area contributed by atoms with Crippen molar-refractivity contribution in [2.75, 3.05) is 46.4 Å². The number of likely N-dealkylation sites (tertiary alicyclic amines) is 1. The highest BCUT2D eigenvalue weighted by atomic mass is 16.5. The van der Waals surface area contributed by atoms with Gasteiger partial charge in [-0.1, -0.05) is 19.1 Å². The first-order valence-corrected chi connectivity index (χ1v) is 9.06. The zero-order valence-electron chi connectivity index (χ0n) is 14.8. The van der Waals surface area contributed by atoms with Crippen LogP contribution < -0.4 is 10.1 Å². The normalized spacial score (nSPS) is 23.8. The number of piperidine rings is 1. The summed E-state index contributed by atoms with van der Waals surface area (Å²) in [5, 5.41) is 3.38. The third-order valence-corrected chi connectivity index (χ3v) is 5.13. The first-order chi connectivity index (χ1) is 11.7. The molecule has 5 heteroatoms. The van der Waals surface area contributed by atoms with Gasteiger partial charge in [0.05, 0.1) is 7.11 Å². The SMILES string of the molecule is COc1cccc(C(C(=O)N2CCCC(C)C2)N2CCNCC2)c1. The van der Waals surface area contributed by atoms with Crippen LogP contribution in [0.2, 0.25) is 0 Å². The van der Waals surface area contributed by atoms with E-state index < -0.39 is 0 Å². The maximum Gasteiger partial charge on any atom is 0.244 e. The second-order valence-corrected chi connectivity index (χ2v) is 7.00. The lowest BCUT2D eigenvalue weighted by molar-refractivity contribution is -0.139. The fourth-order valence-electron chi connectivity index (χ4n) is 3.82. The largest absolute Gasteiger partial charge is 0.497 e. The van der Waals surface area contributed by atoms with Crippen molar-refractivity contribution in [1.82, 2.24) is 15.1 Å². The van der Waals surface area contributed by atoms with Crippen molar-refractivity contribution in [2.24, 2.45) is 5.92 Å². The summed E-state index contributed by atoms with van der Waals surface area (Å²) in [6.45, 7) is 7.67. The van der Waals surface area contributed by atoms with Crippen LogP contribution in [0.1, 0.15) is 31.4 Å². The number of carbonyl (C=O) groups excluding carboxylic acids is 1. The molecule has 2 saturated heterocycles. The third kappa shape index (κ3) is 3.90. The Labute approximate surface area is 145 Å². The second-order valence-electron chi connectivity index (χ2n) is 7.00. The topological polar surface area (TPSA) is 44.8 Å². The lowest BCUT2D eigenvalue weighted by atomic mass is 9.97. The summed E-state index contributed by atoms with van der Waals surface area (Å²) in [6.07, 6.45) is 2.33. The third-order valence-electron chi connectivity index (χ3n) is 5.13. The number of piperazine rings is 1. The number of benzene rings is 1. The molecule has 0 radical (unpaired) electrons. The molecule has 0 aliphatic carbocycles. The molecule has 0 saturated carbocycles. The zero-order valence-corrected chi connectivity index (χ0v) is 14.8. The van der Waals surface area contributed by atoms with Crippen LogP contribution in [0.25, 0.3) is 0 Å². The van der Waals surface area contributed by atoms with Gasteiger partial charge >= 0.3 is 0 Å². The Morgan fingerprint density at radius 2 is 2.08 bits per heavy atom. The van der Waals surface area contributed by atoms with E-state index >= 15 is 0 Å². The van der Waals surface area contributed by atoms with Crippen LogP contribution in [0.5, 0.6) is 5.75 Å². The minimum atomic E-state index is -0.201. The number of ether oxygens (including phenoxy) is 1. The predicted molar refractivity (Wildman–Crippen MR) is 95.2 cm³/mol. The van der Waals surface area contributed by atoms with E-state index in [1.807, 2.05) is 18.2 Å². The highest BCUT2D eigenvalue weighted by Crippen LogP contribution is 2.28. The Kier molecular flexibility index (Phi) is 5.74. The van der Waals surface area contributed by atoms with Gasteiger partial charge in [-0.05, 0) is 36.5 Å². The van der Waals surface area contributed by atoms with E-state index in [0.29, 0.717) is 5.92 Å². The average Bonchev–Trinajstić information content (AvgIpc) is 2.63. The molecule has 2 aliphatic heterocycles. The molecule has 3 rings (SSSR count). The second kappa shape index (κ2) is 7.99. The van der Waals surface area contributed by atoms with Crippen molar-refractivity contribution in [3.05, 3.63) is 29.8 Å². The summed E-state index contributed by atoms with van der Waals surface area (Å²) in [5.74, 6) is 1.65. The van der Waals surface area contributed by atoms with Gasteiger partial charge in [0.1, 0.15) is 11.8 Å². The van der Waals surface area contributed by atoms with Crippen LogP contribution in [-0.2, 0) is 4.79 Å². The summed E-state index contributed by atoms with van der Waals surface area (Å²) < 4.78 is 5.38. The molecule has 2 heterocycles. The standard InChI is InChI=1S/C19H29N3O2/c1-15-5-4-10-22(14-15)19(23)18(21-11-8-20-9-12-21)16-6-3-7-17(13-16)24-2/h3,6-7,13,15,18,20H,4-5,8-12,14H2,1-2H3. The van der Waals surface area contributed by atoms with Gasteiger partial charge in [0.25, 0.3) is 0 Å². The number of rotatable bonds is 4.